The van der Waals surface area contributed by atoms with Crippen LogP contribution in [0.4, 0.5) is 5.13 Å². The molecule has 0 radical (unpaired) electrons. The molecule has 3 atom stereocenters. The smallest absolute Gasteiger partial charge is 0.186 e. The maximum Gasteiger partial charge on any atom is 0.186 e. The third kappa shape index (κ3) is 2.39. The molecule has 1 saturated carbocycles. The molecule has 0 bridgehead atoms. The summed E-state index contributed by atoms with van der Waals surface area (Å²) < 4.78 is 5.92. The van der Waals surface area contributed by atoms with Crippen molar-refractivity contribution < 1.29 is 4.74 Å². The van der Waals surface area contributed by atoms with Gasteiger partial charge in [0.15, 0.2) is 5.13 Å². The highest BCUT2D eigenvalue weighted by molar-refractivity contribution is 7.15. The molecule has 2 N–H and O–H groups in total. The monoisotopic (exact) mass is 307 g/mol. The molecule has 4 rings (SSSR count). The molecule has 1 aliphatic heterocycles. The number of rotatable bonds is 1. The van der Waals surface area contributed by atoms with Gasteiger partial charge in [0.25, 0.3) is 0 Å². The van der Waals surface area contributed by atoms with Crippen LogP contribution in [-0.4, -0.2) is 30.3 Å². The summed E-state index contributed by atoms with van der Waals surface area (Å²) in [5, 5.41) is 1.19. The normalized spacial score (nSPS) is 34.6. The molecule has 2 fully saturated rings. The minimum Gasteiger partial charge on any atom is -0.374 e. The molecule has 5 heteroatoms. The zero-order chi connectivity index (χ0) is 14.6. The van der Waals surface area contributed by atoms with Crippen molar-refractivity contribution in [1.82, 2.24) is 4.98 Å². The van der Waals surface area contributed by atoms with E-state index in [1.54, 1.807) is 0 Å². The molecule has 1 aromatic rings. The number of anilines is 1. The lowest BCUT2D eigenvalue weighted by Gasteiger charge is -2.37. The minimum atomic E-state index is 0.162. The largest absolute Gasteiger partial charge is 0.374 e. The topological polar surface area (TPSA) is 51.4 Å². The van der Waals surface area contributed by atoms with Crippen LogP contribution in [0.1, 0.15) is 56.1 Å². The van der Waals surface area contributed by atoms with Gasteiger partial charge in [0, 0.05) is 17.5 Å². The predicted molar refractivity (Wildman–Crippen MR) is 85.9 cm³/mol. The first-order valence-corrected chi connectivity index (χ1v) is 8.99. The van der Waals surface area contributed by atoms with Crippen LogP contribution in [0.2, 0.25) is 0 Å². The van der Waals surface area contributed by atoms with Gasteiger partial charge >= 0.3 is 0 Å². The lowest BCUT2D eigenvalue weighted by atomic mass is 9.77. The quantitative estimate of drug-likeness (QED) is 0.867. The molecule has 0 spiro atoms. The summed E-state index contributed by atoms with van der Waals surface area (Å²) in [5.74, 6) is 0. The summed E-state index contributed by atoms with van der Waals surface area (Å²) in [6, 6.07) is 0.700. The predicted octanol–water partition coefficient (Wildman–Crippen LogP) is 2.87. The number of hydrogen-bond donors (Lipinski definition) is 1. The molecule has 3 aliphatic rings. The van der Waals surface area contributed by atoms with E-state index < -0.39 is 0 Å². The van der Waals surface area contributed by atoms with Gasteiger partial charge in [-0.25, -0.2) is 4.98 Å². The fourth-order valence-corrected chi connectivity index (χ4v) is 5.43. The van der Waals surface area contributed by atoms with Crippen molar-refractivity contribution in [2.24, 2.45) is 11.1 Å². The third-order valence-electron chi connectivity index (χ3n) is 5.20. The second-order valence-electron chi connectivity index (χ2n) is 7.56. The summed E-state index contributed by atoms with van der Waals surface area (Å²) in [6.07, 6.45) is 6.28. The minimum absolute atomic E-state index is 0.162. The maximum atomic E-state index is 6.40. The van der Waals surface area contributed by atoms with Crippen LogP contribution in [-0.2, 0) is 11.2 Å². The molecule has 1 aromatic heterocycles. The Morgan fingerprint density at radius 1 is 1.38 bits per heavy atom. The molecule has 4 nitrogen and oxygen atoms in total. The molecule has 2 heterocycles. The Kier molecular flexibility index (Phi) is 3.28. The van der Waals surface area contributed by atoms with E-state index >= 15 is 0 Å². The summed E-state index contributed by atoms with van der Waals surface area (Å²) in [6.45, 7) is 6.42. The molecule has 0 amide bonds. The van der Waals surface area contributed by atoms with Crippen molar-refractivity contribution in [2.75, 3.05) is 18.1 Å². The highest BCUT2D eigenvalue weighted by atomic mass is 32.1. The average Bonchev–Trinajstić information content (AvgIpc) is 3.02. The first-order chi connectivity index (χ1) is 10.0. The zero-order valence-corrected chi connectivity index (χ0v) is 13.8. The highest BCUT2D eigenvalue weighted by Gasteiger charge is 2.39. The van der Waals surface area contributed by atoms with Gasteiger partial charge in [0.1, 0.15) is 0 Å². The van der Waals surface area contributed by atoms with Gasteiger partial charge in [0.2, 0.25) is 0 Å². The van der Waals surface area contributed by atoms with Gasteiger partial charge in [-0.15, -0.1) is 0 Å². The fourth-order valence-electron chi connectivity index (χ4n) is 4.27. The van der Waals surface area contributed by atoms with Gasteiger partial charge in [-0.2, -0.15) is 0 Å². The Hall–Kier alpha value is -0.650. The molecular weight excluding hydrogens is 282 g/mol. The van der Waals surface area contributed by atoms with Crippen LogP contribution in [0.5, 0.6) is 0 Å². The first kappa shape index (κ1) is 14.0. The standard InChI is InChI=1S/C16H25N3OS/c1-16(2)8-10(17)14-11(9-16)18-15(21-14)19-6-7-20-13-5-3-4-12(13)19/h10,12-13H,3-9,17H2,1-2H3. The molecule has 21 heavy (non-hydrogen) atoms. The molecule has 0 aromatic carbocycles. The van der Waals surface area contributed by atoms with Crippen LogP contribution in [0.25, 0.3) is 0 Å². The van der Waals surface area contributed by atoms with Crippen molar-refractivity contribution in [3.8, 4) is 0 Å². The number of ether oxygens (including phenoxy) is 1. The Morgan fingerprint density at radius 2 is 2.24 bits per heavy atom. The summed E-state index contributed by atoms with van der Waals surface area (Å²) in [5.41, 5.74) is 7.93. The highest BCUT2D eigenvalue weighted by Crippen LogP contribution is 2.45. The number of thiazole rings is 1. The van der Waals surface area contributed by atoms with E-state index in [-0.39, 0.29) is 11.5 Å². The third-order valence-corrected chi connectivity index (χ3v) is 6.47. The van der Waals surface area contributed by atoms with Crippen molar-refractivity contribution in [2.45, 2.75) is 64.1 Å². The Labute approximate surface area is 130 Å². The van der Waals surface area contributed by atoms with E-state index in [4.69, 9.17) is 15.5 Å². The number of nitrogens with two attached hydrogens (primary N) is 1. The van der Waals surface area contributed by atoms with Crippen molar-refractivity contribution in [1.29, 1.82) is 0 Å². The van der Waals surface area contributed by atoms with E-state index in [2.05, 4.69) is 18.7 Å². The number of nitrogens with zero attached hydrogens (tertiary/aromatic N) is 2. The Bertz CT molecular complexity index is 542. The van der Waals surface area contributed by atoms with E-state index in [0.29, 0.717) is 12.1 Å². The average molecular weight is 307 g/mol. The van der Waals surface area contributed by atoms with Gasteiger partial charge in [-0.05, 0) is 37.5 Å². The van der Waals surface area contributed by atoms with E-state index in [9.17, 15) is 0 Å². The van der Waals surface area contributed by atoms with Crippen molar-refractivity contribution >= 4 is 16.5 Å². The molecular formula is C16H25N3OS. The van der Waals surface area contributed by atoms with E-state index in [1.807, 2.05) is 11.3 Å². The molecule has 1 saturated heterocycles. The molecule has 3 unspecified atom stereocenters. The summed E-state index contributed by atoms with van der Waals surface area (Å²) >= 11 is 1.83. The van der Waals surface area contributed by atoms with E-state index in [0.717, 1.165) is 26.0 Å². The van der Waals surface area contributed by atoms with Crippen LogP contribution >= 0.6 is 11.3 Å². The maximum absolute atomic E-state index is 6.40. The SMILES string of the molecule is CC1(C)Cc2nc(N3CCOC4CCCC43)sc2C(N)C1. The lowest BCUT2D eigenvalue weighted by molar-refractivity contribution is 0.0256. The van der Waals surface area contributed by atoms with Crippen LogP contribution < -0.4 is 10.6 Å². The van der Waals surface area contributed by atoms with Crippen LogP contribution in [0.3, 0.4) is 0 Å². The second kappa shape index (κ2) is 4.93. The first-order valence-electron chi connectivity index (χ1n) is 8.17. The van der Waals surface area contributed by atoms with Gasteiger partial charge in [0.05, 0.1) is 24.4 Å². The Balaban J connectivity index is 1.65. The summed E-state index contributed by atoms with van der Waals surface area (Å²) in [7, 11) is 0. The second-order valence-corrected chi connectivity index (χ2v) is 8.57. The zero-order valence-electron chi connectivity index (χ0n) is 13.0. The van der Waals surface area contributed by atoms with Gasteiger partial charge in [-0.3, -0.25) is 0 Å². The number of hydrogen-bond acceptors (Lipinski definition) is 5. The fraction of sp³-hybridized carbons (Fsp3) is 0.812. The van der Waals surface area contributed by atoms with E-state index in [1.165, 1.54) is 35.0 Å². The van der Waals surface area contributed by atoms with Crippen LogP contribution in [0.15, 0.2) is 0 Å². The van der Waals surface area contributed by atoms with Crippen LogP contribution in [0, 0.1) is 5.41 Å². The lowest BCUT2D eigenvalue weighted by Crippen LogP contribution is -2.48. The molecule has 2 aliphatic carbocycles. The van der Waals surface area contributed by atoms with Crippen molar-refractivity contribution in [3.63, 3.8) is 0 Å². The van der Waals surface area contributed by atoms with Gasteiger partial charge < -0.3 is 15.4 Å². The van der Waals surface area contributed by atoms with Crippen molar-refractivity contribution in [3.05, 3.63) is 10.6 Å². The summed E-state index contributed by atoms with van der Waals surface area (Å²) in [4.78, 5) is 8.82. The molecule has 116 valence electrons. The number of fused-ring (bicyclic) bond motifs is 2. The number of aromatic nitrogens is 1. The van der Waals surface area contributed by atoms with Gasteiger partial charge in [-0.1, -0.05) is 25.2 Å². The number of morpholine rings is 1. The Morgan fingerprint density at radius 3 is 3.10 bits per heavy atom.